The van der Waals surface area contributed by atoms with Gasteiger partial charge in [-0.25, -0.2) is 0 Å². The molecule has 3 nitrogen and oxygen atoms in total. The molecule has 0 atom stereocenters. The van der Waals surface area contributed by atoms with Gasteiger partial charge in [0, 0.05) is 6.04 Å². The third-order valence-electron chi connectivity index (χ3n) is 1.64. The number of nitrogens with one attached hydrogen (secondary N) is 1. The van der Waals surface area contributed by atoms with Gasteiger partial charge in [0.15, 0.2) is 6.29 Å². The lowest BCUT2D eigenvalue weighted by Crippen LogP contribution is -2.09. The van der Waals surface area contributed by atoms with Gasteiger partial charge in [-0.2, -0.15) is 0 Å². The summed E-state index contributed by atoms with van der Waals surface area (Å²) in [5.74, 6) is 0.0196. The number of aromatic hydroxyl groups is 1. The Morgan fingerprint density at radius 3 is 2.69 bits per heavy atom. The number of carbonyl (C=O) groups excluding carboxylic acids is 1. The lowest BCUT2D eigenvalue weighted by atomic mass is 10.2. The molecule has 0 aliphatic rings. The third kappa shape index (κ3) is 2.21. The minimum atomic E-state index is 0.0196. The van der Waals surface area contributed by atoms with Gasteiger partial charge in [0.25, 0.3) is 0 Å². The Kier molecular flexibility index (Phi) is 2.90. The van der Waals surface area contributed by atoms with Crippen LogP contribution in [-0.4, -0.2) is 17.4 Å². The molecule has 0 heterocycles. The minimum Gasteiger partial charge on any atom is -0.505 e. The van der Waals surface area contributed by atoms with E-state index in [4.69, 9.17) is 0 Å². The van der Waals surface area contributed by atoms with E-state index in [2.05, 4.69) is 5.32 Å². The average Bonchev–Trinajstić information content (AvgIpc) is 2.08. The van der Waals surface area contributed by atoms with Crippen LogP contribution in [0.1, 0.15) is 24.2 Å². The Hall–Kier alpha value is -1.51. The fraction of sp³-hybridized carbons (Fsp3) is 0.300. The van der Waals surface area contributed by atoms with Crippen LogP contribution in [0.2, 0.25) is 0 Å². The summed E-state index contributed by atoms with van der Waals surface area (Å²) in [6.45, 7) is 3.93. The van der Waals surface area contributed by atoms with Crippen molar-refractivity contribution in [2.75, 3.05) is 5.32 Å². The fourth-order valence-electron chi connectivity index (χ4n) is 1.08. The zero-order valence-electron chi connectivity index (χ0n) is 7.74. The number of anilines is 1. The largest absolute Gasteiger partial charge is 0.505 e. The van der Waals surface area contributed by atoms with E-state index in [1.165, 1.54) is 0 Å². The molecule has 0 spiro atoms. The molecule has 0 saturated heterocycles. The summed E-state index contributed by atoms with van der Waals surface area (Å²) in [4.78, 5) is 10.5. The maximum absolute atomic E-state index is 10.5. The van der Waals surface area contributed by atoms with Crippen molar-refractivity contribution in [3.63, 3.8) is 0 Å². The molecule has 13 heavy (non-hydrogen) atoms. The van der Waals surface area contributed by atoms with Crippen molar-refractivity contribution < 1.29 is 9.90 Å². The summed E-state index contributed by atoms with van der Waals surface area (Å²) >= 11 is 0. The second-order valence-electron chi connectivity index (χ2n) is 3.16. The predicted molar refractivity (Wildman–Crippen MR) is 52.3 cm³/mol. The van der Waals surface area contributed by atoms with E-state index in [0.717, 1.165) is 0 Å². The molecular weight excluding hydrogens is 166 g/mol. The first-order chi connectivity index (χ1) is 6.15. The quantitative estimate of drug-likeness (QED) is 0.551. The molecule has 70 valence electrons. The Balaban J connectivity index is 3.01. The van der Waals surface area contributed by atoms with E-state index in [-0.39, 0.29) is 11.8 Å². The number of carbonyl (C=O) groups is 1. The standard InChI is InChI=1S/C10H13NO2/c1-7(2)11-9-5-3-4-8(6-12)10(9)13/h3-7,11,13H,1-2H3. The van der Waals surface area contributed by atoms with E-state index in [1.807, 2.05) is 13.8 Å². The Bertz CT molecular complexity index is 308. The van der Waals surface area contributed by atoms with E-state index >= 15 is 0 Å². The maximum atomic E-state index is 10.5. The van der Waals surface area contributed by atoms with Crippen LogP contribution in [0.3, 0.4) is 0 Å². The predicted octanol–water partition coefficient (Wildman–Crippen LogP) is 2.02. The number of phenolic OH excluding ortho intramolecular Hbond substituents is 1. The van der Waals surface area contributed by atoms with Gasteiger partial charge in [-0.15, -0.1) is 0 Å². The number of hydrogen-bond donors (Lipinski definition) is 2. The van der Waals surface area contributed by atoms with Gasteiger partial charge in [0.2, 0.25) is 0 Å². The summed E-state index contributed by atoms with van der Waals surface area (Å²) in [5.41, 5.74) is 0.908. The fourth-order valence-corrected chi connectivity index (χ4v) is 1.08. The van der Waals surface area contributed by atoms with Gasteiger partial charge in [0.05, 0.1) is 11.3 Å². The molecular formula is C10H13NO2. The molecule has 0 bridgehead atoms. The first-order valence-corrected chi connectivity index (χ1v) is 4.19. The number of phenols is 1. The van der Waals surface area contributed by atoms with Crippen LogP contribution >= 0.6 is 0 Å². The molecule has 1 aromatic carbocycles. The molecule has 2 N–H and O–H groups in total. The zero-order valence-corrected chi connectivity index (χ0v) is 7.74. The van der Waals surface area contributed by atoms with Crippen molar-refractivity contribution in [2.45, 2.75) is 19.9 Å². The van der Waals surface area contributed by atoms with Crippen LogP contribution in [0.5, 0.6) is 5.75 Å². The third-order valence-corrected chi connectivity index (χ3v) is 1.64. The average molecular weight is 179 g/mol. The van der Waals surface area contributed by atoms with Gasteiger partial charge in [-0.3, -0.25) is 4.79 Å². The van der Waals surface area contributed by atoms with Crippen LogP contribution in [0.4, 0.5) is 5.69 Å². The summed E-state index contributed by atoms with van der Waals surface area (Å²) in [5, 5.41) is 12.6. The normalized spacial score (nSPS) is 10.1. The van der Waals surface area contributed by atoms with Gasteiger partial charge < -0.3 is 10.4 Å². The molecule has 0 saturated carbocycles. The summed E-state index contributed by atoms with van der Waals surface area (Å²) < 4.78 is 0. The van der Waals surface area contributed by atoms with Crippen LogP contribution in [-0.2, 0) is 0 Å². The Morgan fingerprint density at radius 1 is 1.46 bits per heavy atom. The minimum absolute atomic E-state index is 0.0196. The molecule has 0 aromatic heterocycles. The van der Waals surface area contributed by atoms with Crippen LogP contribution in [0.15, 0.2) is 18.2 Å². The topological polar surface area (TPSA) is 49.3 Å². The van der Waals surface area contributed by atoms with E-state index in [1.54, 1.807) is 18.2 Å². The van der Waals surface area contributed by atoms with Crippen LogP contribution in [0.25, 0.3) is 0 Å². The number of hydrogen-bond acceptors (Lipinski definition) is 3. The molecule has 0 aliphatic heterocycles. The summed E-state index contributed by atoms with van der Waals surface area (Å²) in [6.07, 6.45) is 0.640. The summed E-state index contributed by atoms with van der Waals surface area (Å²) in [6, 6.07) is 5.28. The lowest BCUT2D eigenvalue weighted by molar-refractivity contribution is 0.112. The Labute approximate surface area is 77.4 Å². The summed E-state index contributed by atoms with van der Waals surface area (Å²) in [7, 11) is 0. The monoisotopic (exact) mass is 179 g/mol. The molecule has 1 rings (SSSR count). The van der Waals surface area contributed by atoms with Gasteiger partial charge in [-0.05, 0) is 26.0 Å². The first-order valence-electron chi connectivity index (χ1n) is 4.19. The van der Waals surface area contributed by atoms with E-state index in [9.17, 15) is 9.90 Å². The van der Waals surface area contributed by atoms with E-state index < -0.39 is 0 Å². The molecule has 1 aromatic rings. The number of benzene rings is 1. The highest BCUT2D eigenvalue weighted by atomic mass is 16.3. The molecule has 3 heteroatoms. The second kappa shape index (κ2) is 3.94. The van der Waals surface area contributed by atoms with Gasteiger partial charge in [-0.1, -0.05) is 6.07 Å². The maximum Gasteiger partial charge on any atom is 0.153 e. The first kappa shape index (κ1) is 9.58. The molecule has 0 unspecified atom stereocenters. The van der Waals surface area contributed by atoms with Crippen molar-refractivity contribution in [2.24, 2.45) is 0 Å². The zero-order chi connectivity index (χ0) is 9.84. The molecule has 0 aliphatic carbocycles. The van der Waals surface area contributed by atoms with Crippen LogP contribution in [0, 0.1) is 0 Å². The highest BCUT2D eigenvalue weighted by molar-refractivity contribution is 5.83. The Morgan fingerprint density at radius 2 is 2.15 bits per heavy atom. The van der Waals surface area contributed by atoms with Gasteiger partial charge in [0.1, 0.15) is 5.75 Å². The van der Waals surface area contributed by atoms with Crippen molar-refractivity contribution in [3.8, 4) is 5.75 Å². The lowest BCUT2D eigenvalue weighted by Gasteiger charge is -2.12. The molecule has 0 fully saturated rings. The second-order valence-corrected chi connectivity index (χ2v) is 3.16. The van der Waals surface area contributed by atoms with Crippen molar-refractivity contribution >= 4 is 12.0 Å². The van der Waals surface area contributed by atoms with Crippen LogP contribution < -0.4 is 5.32 Å². The molecule has 0 amide bonds. The van der Waals surface area contributed by atoms with Crippen molar-refractivity contribution in [3.05, 3.63) is 23.8 Å². The number of para-hydroxylation sites is 1. The van der Waals surface area contributed by atoms with Crippen molar-refractivity contribution in [1.82, 2.24) is 0 Å². The smallest absolute Gasteiger partial charge is 0.153 e. The van der Waals surface area contributed by atoms with Crippen molar-refractivity contribution in [1.29, 1.82) is 0 Å². The molecule has 0 radical (unpaired) electrons. The highest BCUT2D eigenvalue weighted by Gasteiger charge is 2.05. The SMILES string of the molecule is CC(C)Nc1cccc(C=O)c1O. The van der Waals surface area contributed by atoms with Gasteiger partial charge >= 0.3 is 0 Å². The highest BCUT2D eigenvalue weighted by Crippen LogP contribution is 2.26. The number of aldehydes is 1. The number of rotatable bonds is 3. The van der Waals surface area contributed by atoms with E-state index in [0.29, 0.717) is 17.5 Å².